The van der Waals surface area contributed by atoms with Crippen molar-refractivity contribution in [2.45, 2.75) is 11.8 Å². The molecule has 3 nitrogen and oxygen atoms in total. The van der Waals surface area contributed by atoms with Crippen LogP contribution in [0.15, 0.2) is 23.1 Å². The molecule has 0 aromatic heterocycles. The van der Waals surface area contributed by atoms with E-state index in [9.17, 15) is 13.2 Å². The Labute approximate surface area is 87.6 Å². The molecular formula is C9H9ClO3S. The number of hydrogen-bond donors (Lipinski definition) is 0. The summed E-state index contributed by atoms with van der Waals surface area (Å²) in [7, 11) is -3.35. The van der Waals surface area contributed by atoms with Gasteiger partial charge in [-0.2, -0.15) is 0 Å². The Morgan fingerprint density at radius 2 is 2.07 bits per heavy atom. The van der Waals surface area contributed by atoms with Crippen molar-refractivity contribution < 1.29 is 13.2 Å². The molecule has 0 aliphatic rings. The number of hydrogen-bond acceptors (Lipinski definition) is 3. The van der Waals surface area contributed by atoms with Crippen molar-refractivity contribution in [1.29, 1.82) is 0 Å². The van der Waals surface area contributed by atoms with Crippen molar-refractivity contribution in [3.05, 3.63) is 28.8 Å². The average Bonchev–Trinajstić information content (AvgIpc) is 2.17. The van der Waals surface area contributed by atoms with Crippen molar-refractivity contribution in [2.75, 3.05) is 5.75 Å². The maximum absolute atomic E-state index is 11.5. The molecular weight excluding hydrogens is 224 g/mol. The molecule has 14 heavy (non-hydrogen) atoms. The van der Waals surface area contributed by atoms with Crippen LogP contribution < -0.4 is 0 Å². The van der Waals surface area contributed by atoms with Crippen molar-refractivity contribution in [3.8, 4) is 0 Å². The van der Waals surface area contributed by atoms with Gasteiger partial charge in [-0.1, -0.05) is 18.5 Å². The topological polar surface area (TPSA) is 51.2 Å². The summed E-state index contributed by atoms with van der Waals surface area (Å²) in [5.74, 6) is -0.0323. The molecule has 1 aromatic carbocycles. The molecule has 5 heteroatoms. The van der Waals surface area contributed by atoms with Gasteiger partial charge >= 0.3 is 0 Å². The van der Waals surface area contributed by atoms with E-state index in [1.54, 1.807) is 0 Å². The predicted molar refractivity (Wildman–Crippen MR) is 54.6 cm³/mol. The largest absolute Gasteiger partial charge is 0.298 e. The van der Waals surface area contributed by atoms with Crippen molar-refractivity contribution in [3.63, 3.8) is 0 Å². The molecule has 0 saturated carbocycles. The Balaban J connectivity index is 3.43. The zero-order valence-electron chi connectivity index (χ0n) is 7.53. The summed E-state index contributed by atoms with van der Waals surface area (Å²) < 4.78 is 23.0. The van der Waals surface area contributed by atoms with Gasteiger partial charge < -0.3 is 0 Å². The zero-order valence-corrected chi connectivity index (χ0v) is 9.10. The van der Waals surface area contributed by atoms with Gasteiger partial charge in [-0.25, -0.2) is 8.42 Å². The molecule has 0 spiro atoms. The fraction of sp³-hybridized carbons (Fsp3) is 0.222. The molecule has 0 N–H and O–H groups in total. The average molecular weight is 233 g/mol. The maximum Gasteiger partial charge on any atom is 0.178 e. The summed E-state index contributed by atoms with van der Waals surface area (Å²) in [5, 5.41) is 0.349. The van der Waals surface area contributed by atoms with Gasteiger partial charge in [0.05, 0.1) is 10.6 Å². The molecule has 0 amide bonds. The van der Waals surface area contributed by atoms with Gasteiger partial charge in [0.25, 0.3) is 0 Å². The molecule has 1 aromatic rings. The van der Waals surface area contributed by atoms with Crippen molar-refractivity contribution in [1.82, 2.24) is 0 Å². The molecule has 0 unspecified atom stereocenters. The van der Waals surface area contributed by atoms with Crippen LogP contribution >= 0.6 is 11.6 Å². The van der Waals surface area contributed by atoms with Gasteiger partial charge in [0.15, 0.2) is 16.1 Å². The fourth-order valence-electron chi connectivity index (χ4n) is 1.05. The standard InChI is InChI=1S/C9H9ClO3S/c1-2-14(12,13)9-4-3-8(10)5-7(9)6-11/h3-6H,2H2,1H3. The van der Waals surface area contributed by atoms with Crippen LogP contribution in [0, 0.1) is 0 Å². The summed E-state index contributed by atoms with van der Waals surface area (Å²) in [4.78, 5) is 10.7. The number of carbonyl (C=O) groups excluding carboxylic acids is 1. The summed E-state index contributed by atoms with van der Waals surface area (Å²) >= 11 is 5.64. The predicted octanol–water partition coefficient (Wildman–Crippen LogP) is 1.95. The first kappa shape index (κ1) is 11.2. The highest BCUT2D eigenvalue weighted by atomic mass is 35.5. The highest BCUT2D eigenvalue weighted by Gasteiger charge is 2.16. The molecule has 0 atom stereocenters. The number of aldehydes is 1. The molecule has 0 aliphatic heterocycles. The summed E-state index contributed by atoms with van der Waals surface area (Å²) in [6, 6.07) is 4.15. The number of halogens is 1. The second kappa shape index (κ2) is 4.11. The molecule has 0 radical (unpaired) electrons. The SMILES string of the molecule is CCS(=O)(=O)c1ccc(Cl)cc1C=O. The Morgan fingerprint density at radius 3 is 2.57 bits per heavy atom. The first-order valence-corrected chi connectivity index (χ1v) is 6.01. The normalized spacial score (nSPS) is 11.3. The molecule has 1 rings (SSSR count). The molecule has 0 saturated heterocycles. The third kappa shape index (κ3) is 2.13. The van der Waals surface area contributed by atoms with E-state index >= 15 is 0 Å². The summed E-state index contributed by atoms with van der Waals surface area (Å²) in [5.41, 5.74) is 0.111. The Bertz CT molecular complexity index is 451. The lowest BCUT2D eigenvalue weighted by atomic mass is 10.2. The van der Waals surface area contributed by atoms with E-state index < -0.39 is 9.84 Å². The lowest BCUT2D eigenvalue weighted by Crippen LogP contribution is -2.06. The number of rotatable bonds is 3. The Kier molecular flexibility index (Phi) is 3.29. The molecule has 0 heterocycles. The lowest BCUT2D eigenvalue weighted by Gasteiger charge is -2.04. The minimum absolute atomic E-state index is 0.0323. The van der Waals surface area contributed by atoms with Crippen LogP contribution in [-0.4, -0.2) is 20.5 Å². The maximum atomic E-state index is 11.5. The van der Waals surface area contributed by atoms with E-state index in [0.29, 0.717) is 11.3 Å². The van der Waals surface area contributed by atoms with E-state index in [1.807, 2.05) is 0 Å². The first-order chi connectivity index (χ1) is 6.51. The van der Waals surface area contributed by atoms with Crippen LogP contribution in [0.25, 0.3) is 0 Å². The van der Waals surface area contributed by atoms with Gasteiger partial charge in [0, 0.05) is 10.6 Å². The van der Waals surface area contributed by atoms with E-state index in [2.05, 4.69) is 0 Å². The molecule has 76 valence electrons. The third-order valence-corrected chi connectivity index (χ3v) is 3.85. The van der Waals surface area contributed by atoms with Gasteiger partial charge in [0.2, 0.25) is 0 Å². The second-order valence-electron chi connectivity index (χ2n) is 2.70. The van der Waals surface area contributed by atoms with Crippen LogP contribution in [0.2, 0.25) is 5.02 Å². The van der Waals surface area contributed by atoms with Gasteiger partial charge in [-0.05, 0) is 18.2 Å². The smallest absolute Gasteiger partial charge is 0.178 e. The number of benzene rings is 1. The van der Waals surface area contributed by atoms with Crippen LogP contribution in [0.3, 0.4) is 0 Å². The van der Waals surface area contributed by atoms with Crippen molar-refractivity contribution >= 4 is 27.7 Å². The minimum Gasteiger partial charge on any atom is -0.298 e. The third-order valence-electron chi connectivity index (χ3n) is 1.81. The highest BCUT2D eigenvalue weighted by Crippen LogP contribution is 2.19. The van der Waals surface area contributed by atoms with Crippen molar-refractivity contribution in [2.24, 2.45) is 0 Å². The van der Waals surface area contributed by atoms with Crippen LogP contribution in [-0.2, 0) is 9.84 Å². The lowest BCUT2D eigenvalue weighted by molar-refractivity contribution is 0.112. The van der Waals surface area contributed by atoms with Crippen LogP contribution in [0.4, 0.5) is 0 Å². The van der Waals surface area contributed by atoms with Gasteiger partial charge in [-0.3, -0.25) is 4.79 Å². The second-order valence-corrected chi connectivity index (χ2v) is 5.39. The van der Waals surface area contributed by atoms with Gasteiger partial charge in [0.1, 0.15) is 0 Å². The van der Waals surface area contributed by atoms with Gasteiger partial charge in [-0.15, -0.1) is 0 Å². The van der Waals surface area contributed by atoms with E-state index in [4.69, 9.17) is 11.6 Å². The van der Waals surface area contributed by atoms with E-state index in [1.165, 1.54) is 25.1 Å². The van der Waals surface area contributed by atoms with E-state index in [0.717, 1.165) is 0 Å². The van der Waals surface area contributed by atoms with Crippen LogP contribution in [0.5, 0.6) is 0 Å². The molecule has 0 bridgehead atoms. The minimum atomic E-state index is -3.35. The van der Waals surface area contributed by atoms with Crippen LogP contribution in [0.1, 0.15) is 17.3 Å². The Morgan fingerprint density at radius 1 is 1.43 bits per heavy atom. The molecule has 0 aliphatic carbocycles. The summed E-state index contributed by atoms with van der Waals surface area (Å²) in [6.45, 7) is 1.53. The summed E-state index contributed by atoms with van der Waals surface area (Å²) in [6.07, 6.45) is 0.494. The molecule has 0 fully saturated rings. The first-order valence-electron chi connectivity index (χ1n) is 3.98. The monoisotopic (exact) mass is 232 g/mol. The number of carbonyl (C=O) groups is 1. The Hall–Kier alpha value is -0.870. The van der Waals surface area contributed by atoms with E-state index in [-0.39, 0.29) is 16.2 Å². The quantitative estimate of drug-likeness (QED) is 0.749. The zero-order chi connectivity index (χ0) is 10.8. The fourth-order valence-corrected chi connectivity index (χ4v) is 2.28. The highest BCUT2D eigenvalue weighted by molar-refractivity contribution is 7.91. The number of sulfone groups is 1.